The van der Waals surface area contributed by atoms with E-state index < -0.39 is 31.0 Å². The predicted octanol–water partition coefficient (Wildman–Crippen LogP) is -1.57. The fourth-order valence-electron chi connectivity index (χ4n) is 1.65. The lowest BCUT2D eigenvalue weighted by Crippen LogP contribution is -2.38. The number of aldehydes is 1. The number of nitrogens with zero attached hydrogens (tertiary/aromatic N) is 2. The second-order valence-corrected chi connectivity index (χ2v) is 4.15. The first-order valence-electron chi connectivity index (χ1n) is 5.89. The topological polar surface area (TPSA) is 135 Å². The first kappa shape index (κ1) is 18.0. The van der Waals surface area contributed by atoms with Crippen molar-refractivity contribution >= 4 is 24.2 Å². The van der Waals surface area contributed by atoms with Crippen molar-refractivity contribution in [1.82, 2.24) is 9.80 Å². The molecule has 0 aliphatic heterocycles. The Kier molecular flexibility index (Phi) is 8.88. The van der Waals surface area contributed by atoms with E-state index in [-0.39, 0.29) is 26.2 Å². The van der Waals surface area contributed by atoms with Crippen molar-refractivity contribution < 1.29 is 34.5 Å². The summed E-state index contributed by atoms with van der Waals surface area (Å²) >= 11 is 0. The molecule has 9 nitrogen and oxygen atoms in total. The average molecular weight is 290 g/mol. The van der Waals surface area contributed by atoms with Gasteiger partial charge in [-0.3, -0.25) is 24.2 Å². The summed E-state index contributed by atoms with van der Waals surface area (Å²) in [5, 5.41) is 25.9. The van der Waals surface area contributed by atoms with E-state index in [4.69, 9.17) is 15.3 Å². The van der Waals surface area contributed by atoms with Crippen LogP contribution in [-0.4, -0.2) is 88.6 Å². The quantitative estimate of drug-likeness (QED) is 0.364. The van der Waals surface area contributed by atoms with Crippen LogP contribution >= 0.6 is 0 Å². The van der Waals surface area contributed by atoms with Crippen LogP contribution in [0.15, 0.2) is 0 Å². The largest absolute Gasteiger partial charge is 0.480 e. The fourth-order valence-corrected chi connectivity index (χ4v) is 1.65. The Morgan fingerprint density at radius 3 is 1.60 bits per heavy atom. The third-order valence-electron chi connectivity index (χ3n) is 2.36. The van der Waals surface area contributed by atoms with Crippen molar-refractivity contribution in [3.63, 3.8) is 0 Å². The molecule has 0 spiro atoms. The lowest BCUT2D eigenvalue weighted by Gasteiger charge is -2.21. The van der Waals surface area contributed by atoms with Crippen LogP contribution in [0.4, 0.5) is 0 Å². The van der Waals surface area contributed by atoms with Crippen LogP contribution in [0.25, 0.3) is 0 Å². The maximum atomic E-state index is 10.6. The summed E-state index contributed by atoms with van der Waals surface area (Å²) in [5.74, 6) is -3.34. The highest BCUT2D eigenvalue weighted by molar-refractivity contribution is 5.72. The van der Waals surface area contributed by atoms with Gasteiger partial charge in [0.15, 0.2) is 0 Å². The smallest absolute Gasteiger partial charge is 0.317 e. The van der Waals surface area contributed by atoms with Gasteiger partial charge in [-0.2, -0.15) is 0 Å². The van der Waals surface area contributed by atoms with E-state index >= 15 is 0 Å². The number of carboxylic acid groups (broad SMARTS) is 3. The van der Waals surface area contributed by atoms with Gasteiger partial charge in [-0.25, -0.2) is 0 Å². The van der Waals surface area contributed by atoms with Gasteiger partial charge in [0.05, 0.1) is 26.2 Å². The molecule has 3 N–H and O–H groups in total. The lowest BCUT2D eigenvalue weighted by atomic mass is 10.3. The van der Waals surface area contributed by atoms with Crippen molar-refractivity contribution in [2.75, 3.05) is 39.3 Å². The average Bonchev–Trinajstić information content (AvgIpc) is 2.26. The minimum absolute atomic E-state index is 0.0375. The summed E-state index contributed by atoms with van der Waals surface area (Å²) in [5.41, 5.74) is 0. The lowest BCUT2D eigenvalue weighted by molar-refractivity contribution is -0.142. The molecular formula is C11H18N2O7. The molecule has 0 radical (unpaired) electrons. The Balaban J connectivity index is 4.23. The fraction of sp³-hybridized carbons (Fsp3) is 0.636. The van der Waals surface area contributed by atoms with Gasteiger partial charge in [-0.1, -0.05) is 0 Å². The standard InChI is InChI=1S/C11H18N2O7/c14-5-4-12(6-9(15)16)2-1-3-13(7-10(17)18)8-11(19)20/h5H,1-4,6-8H2,(H,15,16)(H,17,18)(H,19,20). The maximum absolute atomic E-state index is 10.6. The molecule has 0 atom stereocenters. The molecule has 0 aromatic rings. The Hall–Kier alpha value is -2.00. The normalized spacial score (nSPS) is 10.7. The number of hydrogen-bond acceptors (Lipinski definition) is 6. The minimum Gasteiger partial charge on any atom is -0.480 e. The molecule has 0 fully saturated rings. The van der Waals surface area contributed by atoms with Gasteiger partial charge in [-0.15, -0.1) is 0 Å². The van der Waals surface area contributed by atoms with Crippen LogP contribution in [0.2, 0.25) is 0 Å². The first-order chi connectivity index (χ1) is 9.35. The zero-order valence-corrected chi connectivity index (χ0v) is 10.9. The molecular weight excluding hydrogens is 272 g/mol. The highest BCUT2D eigenvalue weighted by atomic mass is 16.4. The third kappa shape index (κ3) is 9.97. The van der Waals surface area contributed by atoms with Gasteiger partial charge in [0.1, 0.15) is 6.29 Å². The molecule has 0 unspecified atom stereocenters. The van der Waals surface area contributed by atoms with Crippen LogP contribution in [0.5, 0.6) is 0 Å². The molecule has 0 saturated carbocycles. The summed E-state index contributed by atoms with van der Waals surface area (Å²) in [6.45, 7) is -0.688. The van der Waals surface area contributed by atoms with Crippen LogP contribution < -0.4 is 0 Å². The van der Waals surface area contributed by atoms with Crippen molar-refractivity contribution in [2.45, 2.75) is 6.42 Å². The molecule has 9 heteroatoms. The number of carbonyl (C=O) groups is 4. The zero-order valence-electron chi connectivity index (χ0n) is 10.9. The van der Waals surface area contributed by atoms with Gasteiger partial charge < -0.3 is 20.1 Å². The van der Waals surface area contributed by atoms with Crippen LogP contribution in [0.1, 0.15) is 6.42 Å². The number of hydrogen-bond donors (Lipinski definition) is 3. The molecule has 0 aliphatic carbocycles. The maximum Gasteiger partial charge on any atom is 0.317 e. The predicted molar refractivity (Wildman–Crippen MR) is 66.5 cm³/mol. The van der Waals surface area contributed by atoms with Crippen molar-refractivity contribution in [1.29, 1.82) is 0 Å². The van der Waals surface area contributed by atoms with E-state index in [1.807, 2.05) is 0 Å². The number of carboxylic acids is 3. The Morgan fingerprint density at radius 2 is 1.20 bits per heavy atom. The molecule has 114 valence electrons. The van der Waals surface area contributed by atoms with E-state index in [0.717, 1.165) is 0 Å². The molecule has 0 heterocycles. The van der Waals surface area contributed by atoms with E-state index in [2.05, 4.69) is 0 Å². The van der Waals surface area contributed by atoms with E-state index in [1.54, 1.807) is 0 Å². The molecule has 0 rings (SSSR count). The number of rotatable bonds is 12. The van der Waals surface area contributed by atoms with Gasteiger partial charge in [0.25, 0.3) is 0 Å². The summed E-state index contributed by atoms with van der Waals surface area (Å²) in [6.07, 6.45) is 0.941. The van der Waals surface area contributed by atoms with Gasteiger partial charge in [-0.05, 0) is 6.42 Å². The SMILES string of the molecule is O=CCN(CCCN(CC(=O)O)CC(=O)O)CC(=O)O. The summed E-state index contributed by atoms with van der Waals surface area (Å²) in [7, 11) is 0. The van der Waals surface area contributed by atoms with Crippen molar-refractivity contribution in [3.05, 3.63) is 0 Å². The summed E-state index contributed by atoms with van der Waals surface area (Å²) in [6, 6.07) is 0. The minimum atomic E-state index is -1.14. The van der Waals surface area contributed by atoms with E-state index in [1.165, 1.54) is 9.80 Å². The van der Waals surface area contributed by atoms with Crippen molar-refractivity contribution in [3.8, 4) is 0 Å². The molecule has 0 amide bonds. The zero-order chi connectivity index (χ0) is 15.5. The summed E-state index contributed by atoms with van der Waals surface area (Å²) < 4.78 is 0. The van der Waals surface area contributed by atoms with Gasteiger partial charge in [0, 0.05) is 13.1 Å². The first-order valence-corrected chi connectivity index (χ1v) is 5.89. The summed E-state index contributed by atoms with van der Waals surface area (Å²) in [4.78, 5) is 44.7. The highest BCUT2D eigenvalue weighted by Gasteiger charge is 2.14. The number of carbonyl (C=O) groups excluding carboxylic acids is 1. The molecule has 0 aromatic heterocycles. The Bertz CT molecular complexity index is 343. The Labute approximate surface area is 115 Å². The van der Waals surface area contributed by atoms with Crippen LogP contribution in [-0.2, 0) is 19.2 Å². The van der Waals surface area contributed by atoms with Crippen molar-refractivity contribution in [2.24, 2.45) is 0 Å². The van der Waals surface area contributed by atoms with Gasteiger partial charge in [0.2, 0.25) is 0 Å². The van der Waals surface area contributed by atoms with E-state index in [9.17, 15) is 19.2 Å². The van der Waals surface area contributed by atoms with Crippen LogP contribution in [0, 0.1) is 0 Å². The second-order valence-electron chi connectivity index (χ2n) is 4.15. The second kappa shape index (κ2) is 9.87. The number of aliphatic carboxylic acids is 3. The monoisotopic (exact) mass is 290 g/mol. The highest BCUT2D eigenvalue weighted by Crippen LogP contribution is 1.96. The Morgan fingerprint density at radius 1 is 0.800 bits per heavy atom. The third-order valence-corrected chi connectivity index (χ3v) is 2.36. The van der Waals surface area contributed by atoms with E-state index in [0.29, 0.717) is 12.7 Å². The van der Waals surface area contributed by atoms with Crippen LogP contribution in [0.3, 0.4) is 0 Å². The molecule has 0 bridgehead atoms. The molecule has 0 aliphatic rings. The molecule has 0 saturated heterocycles. The molecule has 20 heavy (non-hydrogen) atoms. The molecule has 0 aromatic carbocycles. The van der Waals surface area contributed by atoms with Gasteiger partial charge >= 0.3 is 17.9 Å².